The van der Waals surface area contributed by atoms with Gasteiger partial charge in [-0.05, 0) is 55.6 Å². The van der Waals surface area contributed by atoms with Crippen molar-refractivity contribution in [2.45, 2.75) is 56.7 Å². The molecule has 0 radical (unpaired) electrons. The van der Waals surface area contributed by atoms with Crippen molar-refractivity contribution >= 4 is 0 Å². The van der Waals surface area contributed by atoms with Crippen LogP contribution in [0.3, 0.4) is 0 Å². The third-order valence-corrected chi connectivity index (χ3v) is 5.04. The molecule has 1 saturated heterocycles. The minimum Gasteiger partial charge on any atom is -0.313 e. The van der Waals surface area contributed by atoms with Crippen LogP contribution in [-0.2, 0) is 6.42 Å². The molecule has 1 aliphatic heterocycles. The lowest BCUT2D eigenvalue weighted by atomic mass is 9.78. The number of halogens is 3. The summed E-state index contributed by atoms with van der Waals surface area (Å²) >= 11 is 0. The van der Waals surface area contributed by atoms with Crippen molar-refractivity contribution in [1.82, 2.24) is 5.32 Å². The van der Waals surface area contributed by atoms with Crippen molar-refractivity contribution in [2.24, 2.45) is 5.92 Å². The Kier molecular flexibility index (Phi) is 4.25. The highest BCUT2D eigenvalue weighted by Gasteiger charge is 2.41. The van der Waals surface area contributed by atoms with Gasteiger partial charge in [-0.25, -0.2) is 0 Å². The minimum absolute atomic E-state index is 0.0858. The van der Waals surface area contributed by atoms with Crippen molar-refractivity contribution in [3.05, 3.63) is 35.4 Å². The van der Waals surface area contributed by atoms with Crippen LogP contribution in [0.5, 0.6) is 0 Å². The van der Waals surface area contributed by atoms with E-state index in [1.807, 2.05) is 0 Å². The van der Waals surface area contributed by atoms with E-state index in [9.17, 15) is 13.2 Å². The Bertz CT molecular complexity index is 475. The minimum atomic E-state index is -4.05. The fourth-order valence-corrected chi connectivity index (χ4v) is 3.84. The Balaban J connectivity index is 1.59. The lowest BCUT2D eigenvalue weighted by molar-refractivity contribution is -0.179. The van der Waals surface area contributed by atoms with Crippen molar-refractivity contribution in [3.8, 4) is 0 Å². The Hall–Kier alpha value is -1.03. The molecule has 0 bridgehead atoms. The highest BCUT2D eigenvalue weighted by atomic mass is 19.4. The predicted octanol–water partition coefficient (Wildman–Crippen LogP) is 4.43. The van der Waals surface area contributed by atoms with Gasteiger partial charge in [0.15, 0.2) is 0 Å². The summed E-state index contributed by atoms with van der Waals surface area (Å²) < 4.78 is 38.1. The SMILES string of the molecule is FC(F)(F)C1CCC(CC2CCCc3ccccc32)NC1. The lowest BCUT2D eigenvalue weighted by Crippen LogP contribution is -2.44. The molecule has 1 N–H and O–H groups in total. The van der Waals surface area contributed by atoms with Crippen LogP contribution in [0.2, 0.25) is 0 Å². The molecule has 0 saturated carbocycles. The Morgan fingerprint density at radius 3 is 2.62 bits per heavy atom. The van der Waals surface area contributed by atoms with Crippen LogP contribution in [0.4, 0.5) is 13.2 Å². The van der Waals surface area contributed by atoms with E-state index in [2.05, 4.69) is 29.6 Å². The first kappa shape index (κ1) is 14.9. The number of hydrogen-bond donors (Lipinski definition) is 1. The molecule has 3 unspecified atom stereocenters. The van der Waals surface area contributed by atoms with Crippen LogP contribution in [0, 0.1) is 5.92 Å². The molecule has 1 fully saturated rings. The summed E-state index contributed by atoms with van der Waals surface area (Å²) in [7, 11) is 0. The van der Waals surface area contributed by atoms with Gasteiger partial charge in [-0.3, -0.25) is 0 Å². The van der Waals surface area contributed by atoms with Gasteiger partial charge < -0.3 is 5.32 Å². The van der Waals surface area contributed by atoms with Crippen LogP contribution >= 0.6 is 0 Å². The quantitative estimate of drug-likeness (QED) is 0.851. The first-order valence-electron chi connectivity index (χ1n) is 7.92. The Morgan fingerprint density at radius 1 is 1.10 bits per heavy atom. The number of fused-ring (bicyclic) bond motifs is 1. The zero-order valence-electron chi connectivity index (χ0n) is 12.1. The zero-order valence-corrected chi connectivity index (χ0v) is 12.1. The predicted molar refractivity (Wildman–Crippen MR) is 77.3 cm³/mol. The van der Waals surface area contributed by atoms with Crippen LogP contribution in [0.1, 0.15) is 49.1 Å². The average molecular weight is 297 g/mol. The molecule has 1 aromatic rings. The molecule has 1 nitrogen and oxygen atoms in total. The maximum Gasteiger partial charge on any atom is 0.393 e. The van der Waals surface area contributed by atoms with Gasteiger partial charge >= 0.3 is 6.18 Å². The number of benzene rings is 1. The molecular weight excluding hydrogens is 275 g/mol. The second-order valence-electron chi connectivity index (χ2n) is 6.44. The summed E-state index contributed by atoms with van der Waals surface area (Å²) in [6, 6.07) is 8.77. The van der Waals surface area contributed by atoms with Gasteiger partial charge in [0.05, 0.1) is 5.92 Å². The number of alkyl halides is 3. The smallest absolute Gasteiger partial charge is 0.313 e. The number of aryl methyl sites for hydroxylation is 1. The zero-order chi connectivity index (χ0) is 14.9. The molecule has 1 heterocycles. The van der Waals surface area contributed by atoms with Gasteiger partial charge in [0, 0.05) is 12.6 Å². The Morgan fingerprint density at radius 2 is 1.90 bits per heavy atom. The van der Waals surface area contributed by atoms with Gasteiger partial charge in [-0.1, -0.05) is 24.3 Å². The summed E-state index contributed by atoms with van der Waals surface area (Å²) in [5.41, 5.74) is 2.85. The van der Waals surface area contributed by atoms with Crippen LogP contribution in [0.25, 0.3) is 0 Å². The van der Waals surface area contributed by atoms with E-state index in [1.165, 1.54) is 17.5 Å². The van der Waals surface area contributed by atoms with Gasteiger partial charge in [0.1, 0.15) is 0 Å². The number of hydrogen-bond acceptors (Lipinski definition) is 1. The fourth-order valence-electron chi connectivity index (χ4n) is 3.84. The lowest BCUT2D eigenvalue weighted by Gasteiger charge is -2.34. The molecule has 3 rings (SSSR count). The van der Waals surface area contributed by atoms with Crippen LogP contribution < -0.4 is 5.32 Å². The molecule has 2 aliphatic rings. The van der Waals surface area contributed by atoms with Crippen molar-refractivity contribution < 1.29 is 13.2 Å². The molecule has 0 amide bonds. The number of nitrogens with one attached hydrogen (secondary N) is 1. The normalized spacial score (nSPS) is 30.0. The second kappa shape index (κ2) is 5.99. The number of piperidine rings is 1. The highest BCUT2D eigenvalue weighted by molar-refractivity contribution is 5.32. The summed E-state index contributed by atoms with van der Waals surface area (Å²) in [5.74, 6) is -0.651. The van der Waals surface area contributed by atoms with Crippen molar-refractivity contribution in [3.63, 3.8) is 0 Å². The first-order valence-corrected chi connectivity index (χ1v) is 7.92. The van der Waals surface area contributed by atoms with Gasteiger partial charge in [0.2, 0.25) is 0 Å². The summed E-state index contributed by atoms with van der Waals surface area (Å²) in [6.45, 7) is 0.0858. The molecule has 1 aliphatic carbocycles. The molecule has 0 spiro atoms. The van der Waals surface area contributed by atoms with Gasteiger partial charge in [-0.15, -0.1) is 0 Å². The van der Waals surface area contributed by atoms with E-state index in [-0.39, 0.29) is 19.0 Å². The monoisotopic (exact) mass is 297 g/mol. The van der Waals surface area contributed by atoms with E-state index in [4.69, 9.17) is 0 Å². The van der Waals surface area contributed by atoms with Crippen molar-refractivity contribution in [2.75, 3.05) is 6.54 Å². The maximum atomic E-state index is 12.7. The Labute approximate surface area is 123 Å². The number of rotatable bonds is 2. The standard InChI is InChI=1S/C17H22F3N/c18-17(19,20)14-8-9-15(21-11-14)10-13-6-3-5-12-4-1-2-7-16(12)13/h1-2,4,7,13-15,21H,3,5-6,8-11H2. The summed E-state index contributed by atoms with van der Waals surface area (Å²) in [5, 5.41) is 3.13. The third kappa shape index (κ3) is 3.42. The summed E-state index contributed by atoms with van der Waals surface area (Å²) in [6.07, 6.45) is 1.34. The van der Waals surface area contributed by atoms with E-state index in [1.54, 1.807) is 0 Å². The topological polar surface area (TPSA) is 12.0 Å². The van der Waals surface area contributed by atoms with E-state index in [0.717, 1.165) is 19.3 Å². The molecule has 4 heteroatoms. The summed E-state index contributed by atoms with van der Waals surface area (Å²) in [4.78, 5) is 0. The van der Waals surface area contributed by atoms with E-state index >= 15 is 0 Å². The van der Waals surface area contributed by atoms with Gasteiger partial charge in [-0.2, -0.15) is 13.2 Å². The van der Waals surface area contributed by atoms with E-state index in [0.29, 0.717) is 12.3 Å². The molecule has 116 valence electrons. The molecular formula is C17H22F3N. The first-order chi connectivity index (χ1) is 10.0. The molecule has 1 aromatic carbocycles. The highest BCUT2D eigenvalue weighted by Crippen LogP contribution is 2.37. The molecule has 0 aromatic heterocycles. The third-order valence-electron chi connectivity index (χ3n) is 5.04. The van der Waals surface area contributed by atoms with Gasteiger partial charge in [0.25, 0.3) is 0 Å². The maximum absolute atomic E-state index is 12.7. The van der Waals surface area contributed by atoms with Crippen molar-refractivity contribution in [1.29, 1.82) is 0 Å². The molecule has 21 heavy (non-hydrogen) atoms. The van der Waals surface area contributed by atoms with Crippen LogP contribution in [-0.4, -0.2) is 18.8 Å². The fraction of sp³-hybridized carbons (Fsp3) is 0.647. The second-order valence-corrected chi connectivity index (χ2v) is 6.44. The average Bonchev–Trinajstić information content (AvgIpc) is 2.47. The van der Waals surface area contributed by atoms with E-state index < -0.39 is 12.1 Å². The molecule has 3 atom stereocenters. The largest absolute Gasteiger partial charge is 0.393 e. The van der Waals surface area contributed by atoms with Crippen LogP contribution in [0.15, 0.2) is 24.3 Å².